The summed E-state index contributed by atoms with van der Waals surface area (Å²) in [5.41, 5.74) is 2.13. The number of halogens is 3. The molecule has 2 amide bonds. The van der Waals surface area contributed by atoms with Gasteiger partial charge in [0.2, 0.25) is 11.8 Å². The molecule has 35 heavy (non-hydrogen) atoms. The van der Waals surface area contributed by atoms with Crippen LogP contribution in [-0.4, -0.2) is 28.8 Å². The molecule has 0 aliphatic heterocycles. The highest BCUT2D eigenvalue weighted by atomic mass is 35.5. The fourth-order valence-electron chi connectivity index (χ4n) is 3.74. The topological polar surface area (TPSA) is 49.4 Å². The number of nitrogens with one attached hydrogen (secondary N) is 1. The molecular formula is C28H29Cl2FN2O2. The number of nitrogens with zero attached hydrogens (tertiary/aromatic N) is 1. The van der Waals surface area contributed by atoms with E-state index in [1.807, 2.05) is 44.2 Å². The van der Waals surface area contributed by atoms with Gasteiger partial charge in [-0.1, -0.05) is 78.7 Å². The zero-order valence-corrected chi connectivity index (χ0v) is 21.3. The molecule has 0 radical (unpaired) electrons. The van der Waals surface area contributed by atoms with Gasteiger partial charge >= 0.3 is 0 Å². The summed E-state index contributed by atoms with van der Waals surface area (Å²) in [6.45, 7) is 4.04. The molecule has 3 aromatic rings. The van der Waals surface area contributed by atoms with Crippen LogP contribution >= 0.6 is 23.2 Å². The van der Waals surface area contributed by atoms with Crippen molar-refractivity contribution in [3.05, 3.63) is 105 Å². The Bertz CT molecular complexity index is 1120. The van der Waals surface area contributed by atoms with Crippen molar-refractivity contribution in [2.75, 3.05) is 0 Å². The van der Waals surface area contributed by atoms with Crippen LogP contribution in [0, 0.1) is 5.82 Å². The van der Waals surface area contributed by atoms with Crippen molar-refractivity contribution in [2.24, 2.45) is 0 Å². The lowest BCUT2D eigenvalue weighted by atomic mass is 10.0. The minimum atomic E-state index is -0.787. The second-order valence-electron chi connectivity index (χ2n) is 8.55. The average Bonchev–Trinajstić information content (AvgIpc) is 2.85. The fourth-order valence-corrected chi connectivity index (χ4v) is 4.27. The maximum atomic E-state index is 13.7. The van der Waals surface area contributed by atoms with Crippen molar-refractivity contribution in [1.29, 1.82) is 0 Å². The molecular weight excluding hydrogens is 486 g/mol. The number of benzene rings is 3. The number of rotatable bonds is 10. The molecule has 0 aromatic heterocycles. The highest BCUT2D eigenvalue weighted by Gasteiger charge is 2.31. The summed E-state index contributed by atoms with van der Waals surface area (Å²) in [7, 11) is 0. The van der Waals surface area contributed by atoms with Crippen LogP contribution in [0.15, 0.2) is 72.8 Å². The number of hydrogen-bond donors (Lipinski definition) is 1. The van der Waals surface area contributed by atoms with Crippen molar-refractivity contribution >= 4 is 35.0 Å². The van der Waals surface area contributed by atoms with E-state index in [-0.39, 0.29) is 36.6 Å². The van der Waals surface area contributed by atoms with Crippen LogP contribution in [-0.2, 0) is 29.0 Å². The van der Waals surface area contributed by atoms with Gasteiger partial charge in [-0.25, -0.2) is 4.39 Å². The number of amides is 2. The maximum Gasteiger partial charge on any atom is 0.243 e. The van der Waals surface area contributed by atoms with Crippen molar-refractivity contribution in [3.8, 4) is 0 Å². The second kappa shape index (κ2) is 12.7. The number of carbonyl (C=O) groups is 2. The van der Waals surface area contributed by atoms with Gasteiger partial charge in [-0.15, -0.1) is 0 Å². The van der Waals surface area contributed by atoms with Gasteiger partial charge in [0.25, 0.3) is 0 Å². The molecule has 0 saturated heterocycles. The number of carbonyl (C=O) groups excluding carboxylic acids is 2. The molecule has 0 fully saturated rings. The predicted molar refractivity (Wildman–Crippen MR) is 139 cm³/mol. The van der Waals surface area contributed by atoms with Crippen molar-refractivity contribution in [3.63, 3.8) is 0 Å². The Labute approximate surface area is 216 Å². The Morgan fingerprint density at radius 3 is 2.14 bits per heavy atom. The van der Waals surface area contributed by atoms with E-state index in [1.165, 1.54) is 17.0 Å². The molecule has 0 spiro atoms. The Kier molecular flexibility index (Phi) is 9.70. The highest BCUT2D eigenvalue weighted by Crippen LogP contribution is 2.26. The van der Waals surface area contributed by atoms with E-state index >= 15 is 0 Å². The summed E-state index contributed by atoms with van der Waals surface area (Å²) >= 11 is 12.7. The van der Waals surface area contributed by atoms with Crippen LogP contribution in [0.5, 0.6) is 0 Å². The molecule has 0 bridgehead atoms. The van der Waals surface area contributed by atoms with E-state index < -0.39 is 6.04 Å². The molecule has 184 valence electrons. The first-order valence-corrected chi connectivity index (χ1v) is 12.3. The molecule has 0 unspecified atom stereocenters. The lowest BCUT2D eigenvalue weighted by Gasteiger charge is -2.32. The zero-order valence-electron chi connectivity index (χ0n) is 19.8. The standard InChI is InChI=1S/C28H29Cl2FN2O2/c1-3-19(2)32-28(35)26(16-20-8-5-4-6-9-20)33(18-21-12-14-22(31)15-13-21)27(34)17-23-24(29)10-7-11-25(23)30/h4-15,19,26H,3,16-18H2,1-2H3,(H,32,35)/t19-,26+/m1/s1. The van der Waals surface area contributed by atoms with Gasteiger partial charge in [-0.2, -0.15) is 0 Å². The molecule has 4 nitrogen and oxygen atoms in total. The minimum absolute atomic E-state index is 0.0541. The van der Waals surface area contributed by atoms with Crippen molar-refractivity contribution < 1.29 is 14.0 Å². The molecule has 3 rings (SSSR count). The van der Waals surface area contributed by atoms with Gasteiger partial charge in [0.05, 0.1) is 6.42 Å². The Morgan fingerprint density at radius 2 is 1.54 bits per heavy atom. The lowest BCUT2D eigenvalue weighted by molar-refractivity contribution is -0.141. The minimum Gasteiger partial charge on any atom is -0.352 e. The monoisotopic (exact) mass is 514 g/mol. The molecule has 1 N–H and O–H groups in total. The zero-order chi connectivity index (χ0) is 25.4. The van der Waals surface area contributed by atoms with Crippen LogP contribution in [0.3, 0.4) is 0 Å². The van der Waals surface area contributed by atoms with Gasteiger partial charge in [-0.05, 0) is 54.3 Å². The number of hydrogen-bond acceptors (Lipinski definition) is 2. The summed E-state index contributed by atoms with van der Waals surface area (Å²) in [6, 6.07) is 19.7. The first-order valence-electron chi connectivity index (χ1n) is 11.6. The summed E-state index contributed by atoms with van der Waals surface area (Å²) in [5, 5.41) is 3.79. The van der Waals surface area contributed by atoms with Crippen LogP contribution in [0.4, 0.5) is 4.39 Å². The lowest BCUT2D eigenvalue weighted by Crippen LogP contribution is -2.52. The Hall–Kier alpha value is -2.89. The third-order valence-electron chi connectivity index (χ3n) is 5.93. The van der Waals surface area contributed by atoms with Crippen LogP contribution in [0.25, 0.3) is 0 Å². The smallest absolute Gasteiger partial charge is 0.243 e. The normalized spacial score (nSPS) is 12.6. The maximum absolute atomic E-state index is 13.7. The molecule has 0 saturated carbocycles. The molecule has 2 atom stereocenters. The van der Waals surface area contributed by atoms with E-state index in [4.69, 9.17) is 23.2 Å². The Morgan fingerprint density at radius 1 is 0.914 bits per heavy atom. The molecule has 0 aliphatic rings. The molecule has 0 heterocycles. The van der Waals surface area contributed by atoms with Crippen LogP contribution in [0.2, 0.25) is 10.0 Å². The average molecular weight is 515 g/mol. The largest absolute Gasteiger partial charge is 0.352 e. The van der Waals surface area contributed by atoms with Crippen LogP contribution < -0.4 is 5.32 Å². The van der Waals surface area contributed by atoms with E-state index in [0.29, 0.717) is 27.6 Å². The third-order valence-corrected chi connectivity index (χ3v) is 6.64. The van der Waals surface area contributed by atoms with E-state index in [9.17, 15) is 14.0 Å². The fraction of sp³-hybridized carbons (Fsp3) is 0.286. The van der Waals surface area contributed by atoms with Gasteiger partial charge in [0.1, 0.15) is 11.9 Å². The highest BCUT2D eigenvalue weighted by molar-refractivity contribution is 6.36. The molecule has 7 heteroatoms. The molecule has 0 aliphatic carbocycles. The van der Waals surface area contributed by atoms with Crippen molar-refractivity contribution in [2.45, 2.75) is 51.7 Å². The summed E-state index contributed by atoms with van der Waals surface area (Å²) < 4.78 is 13.5. The summed E-state index contributed by atoms with van der Waals surface area (Å²) in [5.74, 6) is -0.918. The first-order chi connectivity index (χ1) is 16.8. The molecule has 3 aromatic carbocycles. The SMILES string of the molecule is CC[C@@H](C)NC(=O)[C@H](Cc1ccccc1)N(Cc1ccc(F)cc1)C(=O)Cc1c(Cl)cccc1Cl. The van der Waals surface area contributed by atoms with Crippen molar-refractivity contribution in [1.82, 2.24) is 10.2 Å². The van der Waals surface area contributed by atoms with Gasteiger partial charge < -0.3 is 10.2 Å². The van der Waals surface area contributed by atoms with Gasteiger partial charge in [0.15, 0.2) is 0 Å². The van der Waals surface area contributed by atoms with E-state index in [2.05, 4.69) is 5.32 Å². The first kappa shape index (κ1) is 26.7. The second-order valence-corrected chi connectivity index (χ2v) is 9.36. The van der Waals surface area contributed by atoms with Crippen LogP contribution in [0.1, 0.15) is 37.0 Å². The third kappa shape index (κ3) is 7.55. The quantitative estimate of drug-likeness (QED) is 0.348. The Balaban J connectivity index is 2.00. The summed E-state index contributed by atoms with van der Waals surface area (Å²) in [4.78, 5) is 28.8. The van der Waals surface area contributed by atoms with E-state index in [0.717, 1.165) is 12.0 Å². The summed E-state index contributed by atoms with van der Waals surface area (Å²) in [6.07, 6.45) is 1.01. The predicted octanol–water partition coefficient (Wildman–Crippen LogP) is 6.23. The van der Waals surface area contributed by atoms with Gasteiger partial charge in [0, 0.05) is 29.1 Å². The van der Waals surface area contributed by atoms with E-state index in [1.54, 1.807) is 30.3 Å². The van der Waals surface area contributed by atoms with Gasteiger partial charge in [-0.3, -0.25) is 9.59 Å².